The van der Waals surface area contributed by atoms with Gasteiger partial charge in [0.1, 0.15) is 6.04 Å². The highest BCUT2D eigenvalue weighted by Crippen LogP contribution is 2.10. The molecule has 1 amide bonds. The van der Waals surface area contributed by atoms with Crippen LogP contribution in [0.3, 0.4) is 0 Å². The molecule has 1 unspecified atom stereocenters. The minimum atomic E-state index is -1.02. The molecule has 20 heavy (non-hydrogen) atoms. The van der Waals surface area contributed by atoms with Crippen molar-refractivity contribution in [2.75, 3.05) is 0 Å². The third-order valence-electron chi connectivity index (χ3n) is 3.04. The number of aromatic nitrogens is 1. The summed E-state index contributed by atoms with van der Waals surface area (Å²) in [6.45, 7) is 1.72. The highest BCUT2D eigenvalue weighted by Gasteiger charge is 2.18. The standard InChI is InChI=1S/C15H16N2O3/c1-2-13(15(19)20)16-14(18)11-5-7-12(8-6-11)17-9-3-4-10-17/h3-10,13H,2H2,1H3,(H,16,18)(H,19,20). The summed E-state index contributed by atoms with van der Waals surface area (Å²) < 4.78 is 1.92. The molecule has 1 heterocycles. The van der Waals surface area contributed by atoms with Crippen molar-refractivity contribution in [1.29, 1.82) is 0 Å². The summed E-state index contributed by atoms with van der Waals surface area (Å²) in [4.78, 5) is 22.8. The highest BCUT2D eigenvalue weighted by molar-refractivity contribution is 5.96. The number of aliphatic carboxylic acids is 1. The fraction of sp³-hybridized carbons (Fsp3) is 0.200. The summed E-state index contributed by atoms with van der Waals surface area (Å²) in [7, 11) is 0. The van der Waals surface area contributed by atoms with E-state index in [1.54, 1.807) is 19.1 Å². The van der Waals surface area contributed by atoms with E-state index in [1.807, 2.05) is 41.2 Å². The number of nitrogens with zero attached hydrogens (tertiary/aromatic N) is 1. The number of carbonyl (C=O) groups is 2. The van der Waals surface area contributed by atoms with Gasteiger partial charge in [0, 0.05) is 23.6 Å². The van der Waals surface area contributed by atoms with Gasteiger partial charge in [-0.3, -0.25) is 4.79 Å². The van der Waals surface area contributed by atoms with Crippen LogP contribution in [0.2, 0.25) is 0 Å². The van der Waals surface area contributed by atoms with Crippen LogP contribution in [0.5, 0.6) is 0 Å². The SMILES string of the molecule is CCC(NC(=O)c1ccc(-n2cccc2)cc1)C(=O)O. The minimum absolute atomic E-state index is 0.350. The van der Waals surface area contributed by atoms with Crippen LogP contribution in [0.4, 0.5) is 0 Å². The van der Waals surface area contributed by atoms with Crippen molar-refractivity contribution < 1.29 is 14.7 Å². The summed E-state index contributed by atoms with van der Waals surface area (Å²) in [6.07, 6.45) is 4.17. The molecule has 1 aromatic carbocycles. The molecule has 0 bridgehead atoms. The summed E-state index contributed by atoms with van der Waals surface area (Å²) in [6, 6.07) is 9.97. The van der Waals surface area contributed by atoms with E-state index in [-0.39, 0.29) is 5.91 Å². The largest absolute Gasteiger partial charge is 0.480 e. The molecule has 0 aliphatic rings. The average molecular weight is 272 g/mol. The quantitative estimate of drug-likeness (QED) is 0.875. The minimum Gasteiger partial charge on any atom is -0.480 e. The van der Waals surface area contributed by atoms with Gasteiger partial charge in [-0.25, -0.2) is 4.79 Å². The maximum absolute atomic E-state index is 11.9. The number of benzene rings is 1. The van der Waals surface area contributed by atoms with Crippen LogP contribution in [0.15, 0.2) is 48.8 Å². The molecule has 1 atom stereocenters. The van der Waals surface area contributed by atoms with Crippen LogP contribution < -0.4 is 5.32 Å². The molecule has 0 saturated carbocycles. The molecule has 0 fully saturated rings. The molecule has 0 saturated heterocycles. The second-order valence-corrected chi connectivity index (χ2v) is 4.41. The first-order valence-electron chi connectivity index (χ1n) is 6.39. The van der Waals surface area contributed by atoms with Crippen molar-refractivity contribution in [3.8, 4) is 5.69 Å². The van der Waals surface area contributed by atoms with Crippen molar-refractivity contribution >= 4 is 11.9 Å². The topological polar surface area (TPSA) is 71.3 Å². The van der Waals surface area contributed by atoms with Crippen molar-refractivity contribution in [1.82, 2.24) is 9.88 Å². The van der Waals surface area contributed by atoms with Crippen LogP contribution in [0.1, 0.15) is 23.7 Å². The lowest BCUT2D eigenvalue weighted by molar-refractivity contribution is -0.139. The molecule has 0 aliphatic carbocycles. The number of carbonyl (C=O) groups excluding carboxylic acids is 1. The van der Waals surface area contributed by atoms with Gasteiger partial charge in [-0.05, 0) is 42.8 Å². The lowest BCUT2D eigenvalue weighted by atomic mass is 10.1. The second kappa shape index (κ2) is 6.06. The number of hydrogen-bond donors (Lipinski definition) is 2. The Morgan fingerprint density at radius 1 is 1.20 bits per heavy atom. The average Bonchev–Trinajstić information content (AvgIpc) is 2.98. The highest BCUT2D eigenvalue weighted by atomic mass is 16.4. The number of carboxylic acid groups (broad SMARTS) is 1. The normalized spacial score (nSPS) is 11.8. The molecule has 2 aromatic rings. The predicted octanol–water partition coefficient (Wildman–Crippen LogP) is 2.07. The van der Waals surface area contributed by atoms with E-state index in [2.05, 4.69) is 5.32 Å². The Labute approximate surface area is 116 Å². The number of carboxylic acids is 1. The molecule has 2 rings (SSSR count). The van der Waals surface area contributed by atoms with E-state index in [9.17, 15) is 9.59 Å². The van der Waals surface area contributed by atoms with Gasteiger partial charge in [0.05, 0.1) is 0 Å². The Bertz CT molecular complexity index is 588. The van der Waals surface area contributed by atoms with Crippen molar-refractivity contribution in [3.05, 3.63) is 54.4 Å². The number of amides is 1. The maximum atomic E-state index is 11.9. The van der Waals surface area contributed by atoms with Crippen LogP contribution in [0, 0.1) is 0 Å². The summed E-state index contributed by atoms with van der Waals surface area (Å²) >= 11 is 0. The molecular formula is C15H16N2O3. The van der Waals surface area contributed by atoms with Gasteiger partial charge in [-0.1, -0.05) is 6.92 Å². The van der Waals surface area contributed by atoms with E-state index in [4.69, 9.17) is 5.11 Å². The molecule has 0 radical (unpaired) electrons. The van der Waals surface area contributed by atoms with Crippen LogP contribution in [-0.4, -0.2) is 27.6 Å². The predicted molar refractivity (Wildman–Crippen MR) is 75.0 cm³/mol. The van der Waals surface area contributed by atoms with Gasteiger partial charge >= 0.3 is 5.97 Å². The summed E-state index contributed by atoms with van der Waals surface area (Å²) in [5.74, 6) is -1.40. The van der Waals surface area contributed by atoms with Crippen LogP contribution in [-0.2, 0) is 4.79 Å². The summed E-state index contributed by atoms with van der Waals surface area (Å²) in [5, 5.41) is 11.4. The van der Waals surface area contributed by atoms with Crippen molar-refractivity contribution in [2.45, 2.75) is 19.4 Å². The Kier molecular flexibility index (Phi) is 4.20. The van der Waals surface area contributed by atoms with E-state index in [0.717, 1.165) is 5.69 Å². The zero-order valence-electron chi connectivity index (χ0n) is 11.1. The molecule has 0 spiro atoms. The number of hydrogen-bond acceptors (Lipinski definition) is 2. The third-order valence-corrected chi connectivity index (χ3v) is 3.04. The number of rotatable bonds is 5. The Morgan fingerprint density at radius 3 is 2.30 bits per heavy atom. The van der Waals surface area contributed by atoms with Gasteiger partial charge in [-0.15, -0.1) is 0 Å². The Balaban J connectivity index is 2.10. The molecule has 2 N–H and O–H groups in total. The summed E-state index contributed by atoms with van der Waals surface area (Å²) in [5.41, 5.74) is 1.39. The smallest absolute Gasteiger partial charge is 0.326 e. The fourth-order valence-corrected chi connectivity index (χ4v) is 1.87. The molecule has 5 nitrogen and oxygen atoms in total. The van der Waals surface area contributed by atoms with E-state index in [1.165, 1.54) is 0 Å². The van der Waals surface area contributed by atoms with Gasteiger partial charge in [0.15, 0.2) is 0 Å². The molecule has 0 aliphatic heterocycles. The molecular weight excluding hydrogens is 256 g/mol. The van der Waals surface area contributed by atoms with Crippen molar-refractivity contribution in [2.24, 2.45) is 0 Å². The molecule has 1 aromatic heterocycles. The van der Waals surface area contributed by atoms with Gasteiger partial charge < -0.3 is 15.0 Å². The van der Waals surface area contributed by atoms with Crippen molar-refractivity contribution in [3.63, 3.8) is 0 Å². The van der Waals surface area contributed by atoms with Crippen LogP contribution in [0.25, 0.3) is 5.69 Å². The Hall–Kier alpha value is -2.56. The monoisotopic (exact) mass is 272 g/mol. The first-order chi connectivity index (χ1) is 9.61. The molecule has 104 valence electrons. The third kappa shape index (κ3) is 3.06. The van der Waals surface area contributed by atoms with Gasteiger partial charge in [0.2, 0.25) is 0 Å². The lowest BCUT2D eigenvalue weighted by Crippen LogP contribution is -2.40. The second-order valence-electron chi connectivity index (χ2n) is 4.41. The fourth-order valence-electron chi connectivity index (χ4n) is 1.87. The lowest BCUT2D eigenvalue weighted by Gasteiger charge is -2.12. The zero-order valence-corrected chi connectivity index (χ0v) is 11.1. The Morgan fingerprint density at radius 2 is 1.80 bits per heavy atom. The van der Waals surface area contributed by atoms with E-state index in [0.29, 0.717) is 12.0 Å². The zero-order chi connectivity index (χ0) is 14.5. The van der Waals surface area contributed by atoms with Gasteiger partial charge in [-0.2, -0.15) is 0 Å². The maximum Gasteiger partial charge on any atom is 0.326 e. The first-order valence-corrected chi connectivity index (χ1v) is 6.39. The van der Waals surface area contributed by atoms with E-state index < -0.39 is 12.0 Å². The van der Waals surface area contributed by atoms with Gasteiger partial charge in [0.25, 0.3) is 5.91 Å². The number of nitrogens with one attached hydrogen (secondary N) is 1. The van der Waals surface area contributed by atoms with Crippen LogP contribution >= 0.6 is 0 Å². The molecule has 5 heteroatoms. The first kappa shape index (κ1) is 13.9. The van der Waals surface area contributed by atoms with E-state index >= 15 is 0 Å².